The van der Waals surface area contributed by atoms with Crippen LogP contribution in [0.25, 0.3) is 5.57 Å². The fourth-order valence-electron chi connectivity index (χ4n) is 3.72. The third-order valence-corrected chi connectivity index (χ3v) is 5.48. The number of hydrogen-bond donors (Lipinski definition) is 4. The van der Waals surface area contributed by atoms with E-state index in [1.807, 2.05) is 0 Å². The van der Waals surface area contributed by atoms with Crippen molar-refractivity contribution < 1.29 is 14.4 Å². The van der Waals surface area contributed by atoms with E-state index in [1.54, 1.807) is 87.7 Å². The van der Waals surface area contributed by atoms with Crippen LogP contribution in [0.1, 0.15) is 33.2 Å². The van der Waals surface area contributed by atoms with Gasteiger partial charge in [-0.25, -0.2) is 0 Å². The molecule has 8 heteroatoms. The summed E-state index contributed by atoms with van der Waals surface area (Å²) in [6.45, 7) is 1.79. The van der Waals surface area contributed by atoms with Gasteiger partial charge in [0.15, 0.2) is 0 Å². The van der Waals surface area contributed by atoms with Gasteiger partial charge in [0, 0.05) is 47.9 Å². The van der Waals surface area contributed by atoms with Crippen molar-refractivity contribution in [2.75, 3.05) is 35.8 Å². The number of amides is 3. The van der Waals surface area contributed by atoms with E-state index in [-0.39, 0.29) is 17.7 Å². The Morgan fingerprint density at radius 1 is 0.912 bits per heavy atom. The Balaban J connectivity index is 1.54. The van der Waals surface area contributed by atoms with Crippen LogP contribution in [-0.2, 0) is 4.79 Å². The van der Waals surface area contributed by atoms with Gasteiger partial charge in [-0.2, -0.15) is 0 Å². The van der Waals surface area contributed by atoms with E-state index in [9.17, 15) is 14.4 Å². The van der Waals surface area contributed by atoms with Crippen molar-refractivity contribution in [1.29, 1.82) is 0 Å². The molecule has 0 unspecified atom stereocenters. The number of allylic oxidation sites excluding steroid dienone is 1. The maximum Gasteiger partial charge on any atom is 0.258 e. The molecule has 172 valence electrons. The van der Waals surface area contributed by atoms with E-state index >= 15 is 0 Å². The summed E-state index contributed by atoms with van der Waals surface area (Å²) in [6, 6.07) is 19.1. The quantitative estimate of drug-likeness (QED) is 0.343. The number of carbonyl (C=O) groups is 3. The van der Waals surface area contributed by atoms with Crippen molar-refractivity contribution in [3.8, 4) is 0 Å². The summed E-state index contributed by atoms with van der Waals surface area (Å²) in [4.78, 5) is 39.1. The summed E-state index contributed by atoms with van der Waals surface area (Å²) >= 11 is 0. The van der Waals surface area contributed by atoms with Crippen LogP contribution in [0.2, 0.25) is 0 Å². The Labute approximate surface area is 197 Å². The molecule has 3 aromatic rings. The third kappa shape index (κ3) is 4.47. The van der Waals surface area contributed by atoms with E-state index in [2.05, 4.69) is 16.0 Å². The Morgan fingerprint density at radius 2 is 1.59 bits per heavy atom. The molecular weight excluding hydrogens is 430 g/mol. The minimum atomic E-state index is -0.276. The van der Waals surface area contributed by atoms with Crippen molar-refractivity contribution in [2.45, 2.75) is 6.92 Å². The molecule has 0 saturated carbocycles. The number of para-hydroxylation sites is 2. The van der Waals surface area contributed by atoms with Gasteiger partial charge in [-0.15, -0.1) is 0 Å². The molecule has 0 spiro atoms. The third-order valence-electron chi connectivity index (χ3n) is 5.48. The summed E-state index contributed by atoms with van der Waals surface area (Å²) in [5, 5.41) is 8.85. The number of rotatable bonds is 5. The normalized spacial score (nSPS) is 13.6. The fourth-order valence-corrected chi connectivity index (χ4v) is 3.72. The van der Waals surface area contributed by atoms with Crippen molar-refractivity contribution in [3.63, 3.8) is 0 Å². The van der Waals surface area contributed by atoms with Crippen LogP contribution in [0.4, 0.5) is 22.7 Å². The number of fused-ring (bicyclic) bond motifs is 1. The summed E-state index contributed by atoms with van der Waals surface area (Å²) in [6.07, 6.45) is 0. The zero-order valence-corrected chi connectivity index (χ0v) is 19.1. The Morgan fingerprint density at radius 3 is 2.26 bits per heavy atom. The van der Waals surface area contributed by atoms with Crippen LogP contribution >= 0.6 is 0 Å². The zero-order valence-electron chi connectivity index (χ0n) is 19.1. The molecule has 0 aromatic heterocycles. The zero-order chi connectivity index (χ0) is 24.4. The number of carbonyl (C=O) groups excluding carboxylic acids is 3. The van der Waals surface area contributed by atoms with Gasteiger partial charge in [-0.3, -0.25) is 14.4 Å². The maximum atomic E-state index is 12.7. The molecular formula is C26H25N5O3. The second-order valence-corrected chi connectivity index (χ2v) is 8.16. The molecule has 8 nitrogen and oxygen atoms in total. The first-order chi connectivity index (χ1) is 16.2. The highest BCUT2D eigenvalue weighted by Gasteiger charge is 2.27. The van der Waals surface area contributed by atoms with E-state index in [4.69, 9.17) is 5.73 Å². The number of hydrogen-bond acceptors (Lipinski definition) is 5. The van der Waals surface area contributed by atoms with Crippen LogP contribution in [0.5, 0.6) is 0 Å². The largest absolute Gasteiger partial charge is 0.397 e. The second-order valence-electron chi connectivity index (χ2n) is 8.16. The van der Waals surface area contributed by atoms with Gasteiger partial charge in [0.05, 0.1) is 16.9 Å². The highest BCUT2D eigenvalue weighted by molar-refractivity contribution is 6.32. The van der Waals surface area contributed by atoms with Crippen LogP contribution in [-0.4, -0.2) is 36.7 Å². The number of nitrogens with one attached hydrogen (secondary N) is 3. The fraction of sp³-hybridized carbons (Fsp3) is 0.115. The molecule has 0 aliphatic carbocycles. The highest BCUT2D eigenvalue weighted by atomic mass is 16.2. The molecule has 0 bridgehead atoms. The predicted octanol–water partition coefficient (Wildman–Crippen LogP) is 4.02. The van der Waals surface area contributed by atoms with Gasteiger partial charge in [-0.1, -0.05) is 12.1 Å². The maximum absolute atomic E-state index is 12.7. The molecule has 3 amide bonds. The molecule has 1 aliphatic heterocycles. The van der Waals surface area contributed by atoms with E-state index in [0.717, 1.165) is 0 Å². The molecule has 4 rings (SSSR count). The summed E-state index contributed by atoms with van der Waals surface area (Å²) in [5.74, 6) is -0.661. The number of nitrogens with two attached hydrogens (primary N) is 1. The molecule has 3 aromatic carbocycles. The highest BCUT2D eigenvalue weighted by Crippen LogP contribution is 2.35. The van der Waals surface area contributed by atoms with Crippen molar-refractivity contribution in [2.24, 2.45) is 0 Å². The summed E-state index contributed by atoms with van der Waals surface area (Å²) in [7, 11) is 3.36. The van der Waals surface area contributed by atoms with Gasteiger partial charge in [-0.05, 0) is 61.5 Å². The van der Waals surface area contributed by atoms with E-state index in [1.165, 1.54) is 4.90 Å². The van der Waals surface area contributed by atoms with Gasteiger partial charge < -0.3 is 26.6 Å². The van der Waals surface area contributed by atoms with Gasteiger partial charge in [0.25, 0.3) is 17.7 Å². The molecule has 0 saturated heterocycles. The average Bonchev–Trinajstić information content (AvgIpc) is 3.15. The monoisotopic (exact) mass is 455 g/mol. The van der Waals surface area contributed by atoms with Crippen LogP contribution in [0.3, 0.4) is 0 Å². The topological polar surface area (TPSA) is 117 Å². The lowest BCUT2D eigenvalue weighted by Crippen LogP contribution is -2.21. The number of nitrogens with zero attached hydrogens (tertiary/aromatic N) is 1. The molecule has 5 N–H and O–H groups in total. The van der Waals surface area contributed by atoms with Crippen LogP contribution in [0.15, 0.2) is 72.4 Å². The van der Waals surface area contributed by atoms with E-state index in [0.29, 0.717) is 50.7 Å². The minimum Gasteiger partial charge on any atom is -0.397 e. The number of benzene rings is 3. The first-order valence-electron chi connectivity index (χ1n) is 10.7. The second kappa shape index (κ2) is 9.11. The molecule has 0 radical (unpaired) electrons. The van der Waals surface area contributed by atoms with Crippen LogP contribution < -0.4 is 21.7 Å². The molecule has 0 atom stereocenters. The van der Waals surface area contributed by atoms with E-state index < -0.39 is 0 Å². The first-order valence-corrected chi connectivity index (χ1v) is 10.7. The molecule has 1 aliphatic rings. The Bertz CT molecular complexity index is 1330. The number of anilines is 4. The summed E-state index contributed by atoms with van der Waals surface area (Å²) in [5.41, 5.74) is 11.0. The Kier molecular flexibility index (Phi) is 6.05. The smallest absolute Gasteiger partial charge is 0.258 e. The molecule has 0 fully saturated rings. The lowest BCUT2D eigenvalue weighted by molar-refractivity contribution is -0.110. The van der Waals surface area contributed by atoms with Crippen molar-refractivity contribution in [1.82, 2.24) is 4.90 Å². The van der Waals surface area contributed by atoms with Crippen LogP contribution in [0, 0.1) is 0 Å². The van der Waals surface area contributed by atoms with Gasteiger partial charge in [0.1, 0.15) is 0 Å². The van der Waals surface area contributed by atoms with Crippen molar-refractivity contribution in [3.05, 3.63) is 89.1 Å². The minimum absolute atomic E-state index is 0.141. The SMILES string of the molecule is C/C(Nc1ccc(C(=O)Nc2ccccc2N)cc1)=C1\C(=O)Nc2ccc(C(=O)N(C)C)cc21. The standard InChI is InChI=1S/C26H25N5O3/c1-15(23-19-14-17(26(34)31(2)3)10-13-21(19)29-25(23)33)28-18-11-8-16(9-12-18)24(32)30-22-7-5-4-6-20(22)27/h4-14,28H,27H2,1-3H3,(H,29,33)(H,30,32)/b23-15+. The first kappa shape index (κ1) is 22.6. The number of nitrogen functional groups attached to an aromatic ring is 1. The lowest BCUT2D eigenvalue weighted by atomic mass is 10.0. The Hall–Kier alpha value is -4.59. The molecule has 1 heterocycles. The lowest BCUT2D eigenvalue weighted by Gasteiger charge is -2.13. The molecule has 34 heavy (non-hydrogen) atoms. The van der Waals surface area contributed by atoms with Gasteiger partial charge in [0.2, 0.25) is 0 Å². The van der Waals surface area contributed by atoms with Gasteiger partial charge >= 0.3 is 0 Å². The summed E-state index contributed by atoms with van der Waals surface area (Å²) < 4.78 is 0. The average molecular weight is 456 g/mol. The predicted molar refractivity (Wildman–Crippen MR) is 135 cm³/mol. The van der Waals surface area contributed by atoms with Crippen molar-refractivity contribution >= 4 is 46.0 Å².